The minimum Gasteiger partial charge on any atom is -0.481 e. The Hall–Kier alpha value is -2.24. The van der Waals surface area contributed by atoms with E-state index in [0.29, 0.717) is 17.1 Å². The minimum atomic E-state index is -0.955. The van der Waals surface area contributed by atoms with Crippen LogP contribution in [0.25, 0.3) is 0 Å². The van der Waals surface area contributed by atoms with Crippen molar-refractivity contribution in [2.45, 2.75) is 6.42 Å². The fourth-order valence-electron chi connectivity index (χ4n) is 1.49. The molecule has 1 aromatic rings. The highest BCUT2D eigenvalue weighted by molar-refractivity contribution is 5.98. The maximum atomic E-state index is 11.7. The molecule has 6 nitrogen and oxygen atoms in total. The lowest BCUT2D eigenvalue weighted by Gasteiger charge is -2.06. The first-order valence-electron chi connectivity index (χ1n) is 5.07. The van der Waals surface area contributed by atoms with Crippen molar-refractivity contribution in [3.63, 3.8) is 0 Å². The molecule has 0 radical (unpaired) electrons. The summed E-state index contributed by atoms with van der Waals surface area (Å²) in [5.41, 5.74) is 0.352. The van der Waals surface area contributed by atoms with Gasteiger partial charge in [-0.3, -0.25) is 9.59 Å². The van der Waals surface area contributed by atoms with Gasteiger partial charge in [-0.05, 0) is 12.1 Å². The number of para-hydroxylation sites is 1. The number of benzene rings is 1. The molecule has 2 N–H and O–H groups in total. The number of carboxylic acids is 1. The molecule has 1 heterocycles. The van der Waals surface area contributed by atoms with Gasteiger partial charge in [0, 0.05) is 6.54 Å². The highest BCUT2D eigenvalue weighted by Gasteiger charge is 2.21. The minimum absolute atomic E-state index is 0.0820. The van der Waals surface area contributed by atoms with Crippen LogP contribution in [-0.2, 0) is 4.79 Å². The molecule has 0 aliphatic carbocycles. The topological polar surface area (TPSA) is 84.9 Å². The molecule has 1 aliphatic heterocycles. The van der Waals surface area contributed by atoms with Gasteiger partial charge in [0.2, 0.25) is 6.79 Å². The first kappa shape index (κ1) is 11.3. The van der Waals surface area contributed by atoms with Crippen LogP contribution < -0.4 is 14.8 Å². The lowest BCUT2D eigenvalue weighted by Crippen LogP contribution is -2.26. The summed E-state index contributed by atoms with van der Waals surface area (Å²) >= 11 is 0. The number of ether oxygens (including phenoxy) is 2. The molecule has 90 valence electrons. The second-order valence-electron chi connectivity index (χ2n) is 3.44. The number of fused-ring (bicyclic) bond motifs is 1. The Morgan fingerprint density at radius 1 is 1.35 bits per heavy atom. The standard InChI is InChI=1S/C11H11NO5/c13-9(14)4-5-12-11(15)7-2-1-3-8-10(7)17-6-16-8/h1-3H,4-6H2,(H,12,15)(H,13,14). The second-order valence-corrected chi connectivity index (χ2v) is 3.44. The molecule has 1 aliphatic rings. The van der Waals surface area contributed by atoms with Gasteiger partial charge in [0.15, 0.2) is 11.5 Å². The summed E-state index contributed by atoms with van der Waals surface area (Å²) in [5.74, 6) is -0.395. The number of nitrogens with one attached hydrogen (secondary N) is 1. The van der Waals surface area contributed by atoms with Crippen LogP contribution in [-0.4, -0.2) is 30.3 Å². The molecule has 0 atom stereocenters. The fourth-order valence-corrected chi connectivity index (χ4v) is 1.49. The van der Waals surface area contributed by atoms with Crippen molar-refractivity contribution in [1.82, 2.24) is 5.32 Å². The molecule has 0 fully saturated rings. The summed E-state index contributed by atoms with van der Waals surface area (Å²) in [4.78, 5) is 22.1. The van der Waals surface area contributed by atoms with Gasteiger partial charge in [0.25, 0.3) is 5.91 Å². The van der Waals surface area contributed by atoms with Gasteiger partial charge in [0.05, 0.1) is 12.0 Å². The molecule has 1 amide bonds. The number of hydrogen-bond donors (Lipinski definition) is 2. The molecule has 17 heavy (non-hydrogen) atoms. The van der Waals surface area contributed by atoms with E-state index in [1.54, 1.807) is 18.2 Å². The number of hydrogen-bond acceptors (Lipinski definition) is 4. The quantitative estimate of drug-likeness (QED) is 0.801. The molecule has 0 saturated carbocycles. The molecular formula is C11H11NO5. The third-order valence-corrected chi connectivity index (χ3v) is 2.27. The van der Waals surface area contributed by atoms with E-state index < -0.39 is 5.97 Å². The predicted octanol–water partition coefficient (Wildman–Crippen LogP) is 0.620. The van der Waals surface area contributed by atoms with Crippen molar-refractivity contribution in [3.05, 3.63) is 23.8 Å². The summed E-state index contributed by atoms with van der Waals surface area (Å²) in [5, 5.41) is 11.0. The smallest absolute Gasteiger partial charge is 0.305 e. The second kappa shape index (κ2) is 4.73. The van der Waals surface area contributed by atoms with E-state index in [-0.39, 0.29) is 25.7 Å². The Morgan fingerprint density at radius 3 is 2.94 bits per heavy atom. The van der Waals surface area contributed by atoms with Crippen LogP contribution in [0.2, 0.25) is 0 Å². The number of aliphatic carboxylic acids is 1. The third kappa shape index (κ3) is 2.47. The van der Waals surface area contributed by atoms with Crippen LogP contribution in [0.15, 0.2) is 18.2 Å². The van der Waals surface area contributed by atoms with E-state index in [1.165, 1.54) is 0 Å². The summed E-state index contributed by atoms with van der Waals surface area (Å²) in [6.07, 6.45) is -0.113. The lowest BCUT2D eigenvalue weighted by molar-refractivity contribution is -0.136. The van der Waals surface area contributed by atoms with Crippen LogP contribution in [0, 0.1) is 0 Å². The average Bonchev–Trinajstić information content (AvgIpc) is 2.75. The number of carboxylic acid groups (broad SMARTS) is 1. The van der Waals surface area contributed by atoms with Crippen molar-refractivity contribution in [2.75, 3.05) is 13.3 Å². The maximum Gasteiger partial charge on any atom is 0.305 e. The molecule has 0 bridgehead atoms. The van der Waals surface area contributed by atoms with Crippen molar-refractivity contribution in [1.29, 1.82) is 0 Å². The van der Waals surface area contributed by atoms with Crippen molar-refractivity contribution in [2.24, 2.45) is 0 Å². The number of carbonyl (C=O) groups is 2. The van der Waals surface area contributed by atoms with Gasteiger partial charge in [-0.15, -0.1) is 0 Å². The fraction of sp³-hybridized carbons (Fsp3) is 0.273. The number of carbonyl (C=O) groups excluding carboxylic acids is 1. The highest BCUT2D eigenvalue weighted by atomic mass is 16.7. The molecule has 0 aromatic heterocycles. The van der Waals surface area contributed by atoms with E-state index in [2.05, 4.69) is 5.32 Å². The molecule has 2 rings (SSSR count). The zero-order valence-corrected chi connectivity index (χ0v) is 8.93. The monoisotopic (exact) mass is 237 g/mol. The van der Waals surface area contributed by atoms with Crippen LogP contribution >= 0.6 is 0 Å². The Bertz CT molecular complexity index is 457. The summed E-state index contributed by atoms with van der Waals surface area (Å²) in [6.45, 7) is 0.174. The number of rotatable bonds is 4. The van der Waals surface area contributed by atoms with Gasteiger partial charge in [0.1, 0.15) is 0 Å². The Kier molecular flexibility index (Phi) is 3.13. The van der Waals surface area contributed by atoms with Gasteiger partial charge in [-0.1, -0.05) is 6.07 Å². The molecule has 0 spiro atoms. The van der Waals surface area contributed by atoms with Crippen molar-refractivity contribution < 1.29 is 24.2 Å². The predicted molar refractivity (Wildman–Crippen MR) is 57.2 cm³/mol. The summed E-state index contributed by atoms with van der Waals surface area (Å²) in [7, 11) is 0. The van der Waals surface area contributed by atoms with Crippen LogP contribution in [0.1, 0.15) is 16.8 Å². The van der Waals surface area contributed by atoms with Crippen LogP contribution in [0.5, 0.6) is 11.5 Å². The van der Waals surface area contributed by atoms with Gasteiger partial charge in [-0.25, -0.2) is 0 Å². The van der Waals surface area contributed by atoms with E-state index >= 15 is 0 Å². The Morgan fingerprint density at radius 2 is 2.18 bits per heavy atom. The first-order chi connectivity index (χ1) is 8.18. The molecule has 0 unspecified atom stereocenters. The van der Waals surface area contributed by atoms with E-state index in [4.69, 9.17) is 14.6 Å². The average molecular weight is 237 g/mol. The number of amides is 1. The lowest BCUT2D eigenvalue weighted by atomic mass is 10.1. The van der Waals surface area contributed by atoms with Crippen molar-refractivity contribution >= 4 is 11.9 Å². The molecule has 1 aromatic carbocycles. The van der Waals surface area contributed by atoms with Crippen molar-refractivity contribution in [3.8, 4) is 11.5 Å². The zero-order chi connectivity index (χ0) is 12.3. The van der Waals surface area contributed by atoms with Gasteiger partial charge in [-0.2, -0.15) is 0 Å². The maximum absolute atomic E-state index is 11.7. The summed E-state index contributed by atoms with van der Waals surface area (Å²) < 4.78 is 10.3. The molecular weight excluding hydrogens is 226 g/mol. The van der Waals surface area contributed by atoms with Crippen LogP contribution in [0.4, 0.5) is 0 Å². The SMILES string of the molecule is O=C(O)CCNC(=O)c1cccc2c1OCO2. The van der Waals surface area contributed by atoms with Gasteiger partial charge >= 0.3 is 5.97 Å². The third-order valence-electron chi connectivity index (χ3n) is 2.27. The van der Waals surface area contributed by atoms with Crippen LogP contribution in [0.3, 0.4) is 0 Å². The largest absolute Gasteiger partial charge is 0.481 e. The summed E-state index contributed by atoms with van der Waals surface area (Å²) in [6, 6.07) is 4.99. The first-order valence-corrected chi connectivity index (χ1v) is 5.07. The molecule has 0 saturated heterocycles. The van der Waals surface area contributed by atoms with E-state index in [0.717, 1.165) is 0 Å². The van der Waals surface area contributed by atoms with E-state index in [1.807, 2.05) is 0 Å². The Balaban J connectivity index is 2.05. The van der Waals surface area contributed by atoms with Gasteiger partial charge < -0.3 is 19.9 Å². The normalized spacial score (nSPS) is 12.2. The highest BCUT2D eigenvalue weighted by Crippen LogP contribution is 2.35. The van der Waals surface area contributed by atoms with E-state index in [9.17, 15) is 9.59 Å². The molecule has 6 heteroatoms. The zero-order valence-electron chi connectivity index (χ0n) is 8.93. The Labute approximate surface area is 97.1 Å².